The lowest BCUT2D eigenvalue weighted by molar-refractivity contribution is -0.131. The van der Waals surface area contributed by atoms with Crippen LogP contribution in [0.4, 0.5) is 0 Å². The molecule has 150 valence electrons. The monoisotopic (exact) mass is 366 g/mol. The molecule has 0 aliphatic carbocycles. The van der Waals surface area contributed by atoms with Gasteiger partial charge >= 0.3 is 0 Å². The van der Waals surface area contributed by atoms with Gasteiger partial charge in [0, 0.05) is 57.8 Å². The number of ether oxygens (including phenoxy) is 1. The first-order valence-corrected chi connectivity index (χ1v) is 10.5. The lowest BCUT2D eigenvalue weighted by Gasteiger charge is -2.52. The van der Waals surface area contributed by atoms with Gasteiger partial charge in [-0.15, -0.1) is 0 Å². The fourth-order valence-electron chi connectivity index (χ4n) is 5.07. The molecule has 3 heterocycles. The second kappa shape index (κ2) is 9.00. The maximum absolute atomic E-state index is 12.5. The Bertz CT molecular complexity index is 467. The molecule has 1 spiro atoms. The average molecular weight is 367 g/mol. The molecule has 3 aliphatic heterocycles. The van der Waals surface area contributed by atoms with Crippen LogP contribution in [0.1, 0.15) is 39.0 Å². The highest BCUT2D eigenvalue weighted by atomic mass is 16.5. The van der Waals surface area contributed by atoms with E-state index in [0.29, 0.717) is 18.9 Å². The summed E-state index contributed by atoms with van der Waals surface area (Å²) in [6, 6.07) is 0.729. The summed E-state index contributed by atoms with van der Waals surface area (Å²) in [5.74, 6) is 0.306. The number of likely N-dealkylation sites (N-methyl/N-ethyl adjacent to an activating group) is 1. The van der Waals surface area contributed by atoms with Gasteiger partial charge in [-0.3, -0.25) is 14.6 Å². The molecule has 0 saturated carbocycles. The van der Waals surface area contributed by atoms with Gasteiger partial charge in [-0.1, -0.05) is 6.92 Å². The molecule has 3 saturated heterocycles. The summed E-state index contributed by atoms with van der Waals surface area (Å²) >= 11 is 0. The van der Waals surface area contributed by atoms with Crippen molar-refractivity contribution >= 4 is 5.91 Å². The lowest BCUT2D eigenvalue weighted by atomic mass is 9.85. The van der Waals surface area contributed by atoms with Crippen molar-refractivity contribution in [2.24, 2.45) is 0 Å². The summed E-state index contributed by atoms with van der Waals surface area (Å²) in [6.07, 6.45) is 5.36. The molecule has 6 nitrogen and oxygen atoms in total. The Hall–Kier alpha value is -0.690. The van der Waals surface area contributed by atoms with E-state index in [1.807, 2.05) is 4.90 Å². The van der Waals surface area contributed by atoms with Crippen LogP contribution in [0.3, 0.4) is 0 Å². The van der Waals surface area contributed by atoms with Crippen LogP contribution in [0.25, 0.3) is 0 Å². The zero-order valence-corrected chi connectivity index (χ0v) is 17.1. The van der Waals surface area contributed by atoms with Crippen molar-refractivity contribution in [2.75, 3.05) is 73.1 Å². The van der Waals surface area contributed by atoms with Crippen LogP contribution in [0.5, 0.6) is 0 Å². The molecule has 6 heteroatoms. The topological polar surface area (TPSA) is 39.3 Å². The number of piperazine rings is 1. The summed E-state index contributed by atoms with van der Waals surface area (Å²) in [7, 11) is 3.98. The van der Waals surface area contributed by atoms with E-state index in [2.05, 4.69) is 28.7 Å². The SMILES string of the molecule is CCN1CCC(N2CCN(C)[C@@]3(CCC(=O)N(CCOC)CC3)C2)CC1. The molecule has 0 aromatic heterocycles. The van der Waals surface area contributed by atoms with Crippen molar-refractivity contribution in [2.45, 2.75) is 50.6 Å². The summed E-state index contributed by atoms with van der Waals surface area (Å²) in [4.78, 5) is 22.4. The third kappa shape index (κ3) is 4.41. The number of carbonyl (C=O) groups is 1. The molecule has 1 amide bonds. The van der Waals surface area contributed by atoms with Crippen molar-refractivity contribution in [1.29, 1.82) is 0 Å². The Morgan fingerprint density at radius 3 is 2.58 bits per heavy atom. The summed E-state index contributed by atoms with van der Waals surface area (Å²) in [5, 5.41) is 0. The average Bonchev–Trinajstić information content (AvgIpc) is 2.83. The van der Waals surface area contributed by atoms with Gasteiger partial charge in [-0.05, 0) is 52.4 Å². The van der Waals surface area contributed by atoms with Crippen LogP contribution in [-0.4, -0.2) is 110 Å². The maximum Gasteiger partial charge on any atom is 0.222 e. The van der Waals surface area contributed by atoms with Crippen molar-refractivity contribution in [3.8, 4) is 0 Å². The molecule has 26 heavy (non-hydrogen) atoms. The molecule has 1 atom stereocenters. The van der Waals surface area contributed by atoms with Gasteiger partial charge in [-0.25, -0.2) is 0 Å². The Morgan fingerprint density at radius 2 is 1.88 bits per heavy atom. The second-order valence-corrected chi connectivity index (χ2v) is 8.41. The third-order valence-corrected chi connectivity index (χ3v) is 7.12. The molecule has 0 aromatic carbocycles. The second-order valence-electron chi connectivity index (χ2n) is 8.41. The normalized spacial score (nSPS) is 30.9. The number of nitrogens with zero attached hydrogens (tertiary/aromatic N) is 4. The molecule has 0 bridgehead atoms. The van der Waals surface area contributed by atoms with Gasteiger partial charge in [0.1, 0.15) is 0 Å². The smallest absolute Gasteiger partial charge is 0.222 e. The van der Waals surface area contributed by atoms with E-state index in [1.54, 1.807) is 7.11 Å². The first-order chi connectivity index (χ1) is 12.6. The molecule has 3 fully saturated rings. The van der Waals surface area contributed by atoms with E-state index < -0.39 is 0 Å². The molecule has 3 aliphatic rings. The van der Waals surface area contributed by atoms with E-state index in [1.165, 1.54) is 39.0 Å². The highest BCUT2D eigenvalue weighted by Crippen LogP contribution is 2.34. The number of likely N-dealkylation sites (tertiary alicyclic amines) is 2. The van der Waals surface area contributed by atoms with Crippen LogP contribution >= 0.6 is 0 Å². The Kier molecular flexibility index (Phi) is 6.94. The Labute approximate surface area is 159 Å². The molecule has 0 unspecified atom stereocenters. The summed E-state index contributed by atoms with van der Waals surface area (Å²) in [6.45, 7) is 11.6. The number of piperidine rings is 1. The number of amides is 1. The van der Waals surface area contributed by atoms with Crippen LogP contribution in [0.15, 0.2) is 0 Å². The van der Waals surface area contributed by atoms with Gasteiger partial charge in [0.2, 0.25) is 5.91 Å². The highest BCUT2D eigenvalue weighted by Gasteiger charge is 2.43. The van der Waals surface area contributed by atoms with Gasteiger partial charge in [0.05, 0.1) is 6.61 Å². The van der Waals surface area contributed by atoms with Crippen LogP contribution in [-0.2, 0) is 9.53 Å². The number of rotatable bonds is 5. The number of hydrogen-bond acceptors (Lipinski definition) is 5. The number of methoxy groups -OCH3 is 1. The zero-order valence-electron chi connectivity index (χ0n) is 17.1. The molecular formula is C20H38N4O2. The summed E-state index contributed by atoms with van der Waals surface area (Å²) in [5.41, 5.74) is 0.164. The van der Waals surface area contributed by atoms with Gasteiger partial charge < -0.3 is 14.5 Å². The van der Waals surface area contributed by atoms with Crippen LogP contribution < -0.4 is 0 Å². The van der Waals surface area contributed by atoms with Gasteiger partial charge in [-0.2, -0.15) is 0 Å². The van der Waals surface area contributed by atoms with Gasteiger partial charge in [0.25, 0.3) is 0 Å². The fraction of sp³-hybridized carbons (Fsp3) is 0.950. The molecule has 3 rings (SSSR count). The van der Waals surface area contributed by atoms with E-state index in [0.717, 1.165) is 45.1 Å². The van der Waals surface area contributed by atoms with Crippen molar-refractivity contribution in [3.05, 3.63) is 0 Å². The standard InChI is InChI=1S/C20H38N4O2/c1-4-22-10-6-18(7-11-22)24-14-13-21(2)20(17-24)8-5-19(25)23(12-9-20)15-16-26-3/h18H,4-17H2,1-3H3/t20-/m1/s1. The molecule has 0 radical (unpaired) electrons. The Morgan fingerprint density at radius 1 is 1.12 bits per heavy atom. The van der Waals surface area contributed by atoms with Gasteiger partial charge in [0.15, 0.2) is 0 Å². The van der Waals surface area contributed by atoms with Crippen LogP contribution in [0, 0.1) is 0 Å². The number of hydrogen-bond donors (Lipinski definition) is 0. The molecule has 0 aromatic rings. The first-order valence-electron chi connectivity index (χ1n) is 10.5. The number of carbonyl (C=O) groups excluding carboxylic acids is 1. The van der Waals surface area contributed by atoms with Crippen molar-refractivity contribution in [3.63, 3.8) is 0 Å². The predicted molar refractivity (Wildman–Crippen MR) is 104 cm³/mol. The predicted octanol–water partition coefficient (Wildman–Crippen LogP) is 1.12. The minimum atomic E-state index is 0.164. The van der Waals surface area contributed by atoms with E-state index >= 15 is 0 Å². The van der Waals surface area contributed by atoms with Crippen molar-refractivity contribution < 1.29 is 9.53 Å². The molecular weight excluding hydrogens is 328 g/mol. The lowest BCUT2D eigenvalue weighted by Crippen LogP contribution is -2.63. The minimum Gasteiger partial charge on any atom is -0.383 e. The Balaban J connectivity index is 1.63. The van der Waals surface area contributed by atoms with E-state index in [4.69, 9.17) is 4.74 Å². The fourth-order valence-corrected chi connectivity index (χ4v) is 5.07. The summed E-state index contributed by atoms with van der Waals surface area (Å²) < 4.78 is 5.19. The highest BCUT2D eigenvalue weighted by molar-refractivity contribution is 5.76. The zero-order chi connectivity index (χ0) is 18.6. The quantitative estimate of drug-likeness (QED) is 0.729. The van der Waals surface area contributed by atoms with E-state index in [-0.39, 0.29) is 5.54 Å². The minimum absolute atomic E-state index is 0.164. The first kappa shape index (κ1) is 20.1. The van der Waals surface area contributed by atoms with Crippen LogP contribution in [0.2, 0.25) is 0 Å². The van der Waals surface area contributed by atoms with E-state index in [9.17, 15) is 4.79 Å². The maximum atomic E-state index is 12.5. The van der Waals surface area contributed by atoms with Crippen molar-refractivity contribution in [1.82, 2.24) is 19.6 Å². The molecule has 0 N–H and O–H groups in total. The third-order valence-electron chi connectivity index (χ3n) is 7.12. The largest absolute Gasteiger partial charge is 0.383 e.